The number of fused-ring (bicyclic) bond motifs is 2. The van der Waals surface area contributed by atoms with E-state index in [0.29, 0.717) is 10.6 Å². The third kappa shape index (κ3) is 4.35. The van der Waals surface area contributed by atoms with Gasteiger partial charge in [-0.3, -0.25) is 4.79 Å². The fourth-order valence-corrected chi connectivity index (χ4v) is 5.36. The Hall–Kier alpha value is -3.11. The highest BCUT2D eigenvalue weighted by Gasteiger charge is 2.28. The van der Waals surface area contributed by atoms with Crippen LogP contribution < -0.4 is 10.1 Å². The summed E-state index contributed by atoms with van der Waals surface area (Å²) < 4.78 is 10.9. The van der Waals surface area contributed by atoms with Crippen molar-refractivity contribution in [3.05, 3.63) is 50.9 Å². The van der Waals surface area contributed by atoms with Gasteiger partial charge in [0.15, 0.2) is 0 Å². The van der Waals surface area contributed by atoms with E-state index in [1.807, 2.05) is 31.2 Å². The zero-order valence-electron chi connectivity index (χ0n) is 17.6. The lowest BCUT2D eigenvalue weighted by molar-refractivity contribution is -0.112. The Morgan fingerprint density at radius 2 is 2.16 bits per heavy atom. The molecule has 1 aromatic heterocycles. The molecule has 1 atom stereocenters. The Kier molecular flexibility index (Phi) is 6.10. The largest absolute Gasteiger partial charge is 0.490 e. The number of amides is 1. The average molecular weight is 437 g/mol. The van der Waals surface area contributed by atoms with Crippen molar-refractivity contribution >= 4 is 34.3 Å². The van der Waals surface area contributed by atoms with Gasteiger partial charge >= 0.3 is 5.97 Å². The molecule has 31 heavy (non-hydrogen) atoms. The second-order valence-corrected chi connectivity index (χ2v) is 8.86. The summed E-state index contributed by atoms with van der Waals surface area (Å²) in [6.45, 7) is 4.03. The summed E-state index contributed by atoms with van der Waals surface area (Å²) in [5.74, 6) is -0.111. The molecule has 2 aliphatic rings. The van der Waals surface area contributed by atoms with E-state index in [4.69, 9.17) is 9.47 Å². The third-order valence-electron chi connectivity index (χ3n) is 5.47. The normalized spacial score (nSPS) is 17.2. The smallest absolute Gasteiger partial charge is 0.341 e. The zero-order chi connectivity index (χ0) is 22.0. The number of thiophene rings is 1. The molecule has 1 N–H and O–H groups in total. The minimum absolute atomic E-state index is 0.0203. The van der Waals surface area contributed by atoms with Gasteiger partial charge in [0.2, 0.25) is 0 Å². The van der Waals surface area contributed by atoms with Gasteiger partial charge in [-0.1, -0.05) is 6.07 Å². The number of aryl methyl sites for hydroxylation is 1. The molecule has 0 fully saturated rings. The topological polar surface area (TPSA) is 88.4 Å². The fraction of sp³-hybridized carbons (Fsp3) is 0.375. The summed E-state index contributed by atoms with van der Waals surface area (Å²) in [5, 5.41) is 12.9. The van der Waals surface area contributed by atoms with Crippen LogP contribution in [-0.4, -0.2) is 24.6 Å². The van der Waals surface area contributed by atoms with Crippen molar-refractivity contribution in [3.8, 4) is 11.8 Å². The molecule has 1 aliphatic carbocycles. The van der Waals surface area contributed by atoms with E-state index in [2.05, 4.69) is 5.32 Å². The van der Waals surface area contributed by atoms with Gasteiger partial charge in [0.05, 0.1) is 12.2 Å². The van der Waals surface area contributed by atoms with Crippen molar-refractivity contribution in [2.24, 2.45) is 0 Å². The molecule has 0 bridgehead atoms. The predicted octanol–water partition coefficient (Wildman–Crippen LogP) is 4.67. The number of rotatable bonds is 5. The Balaban J connectivity index is 1.61. The van der Waals surface area contributed by atoms with Crippen LogP contribution in [0.25, 0.3) is 6.08 Å². The lowest BCUT2D eigenvalue weighted by Crippen LogP contribution is -2.16. The lowest BCUT2D eigenvalue weighted by Gasteiger charge is -2.12. The number of nitrogens with zero attached hydrogens (tertiary/aromatic N) is 1. The Morgan fingerprint density at radius 1 is 1.35 bits per heavy atom. The quantitative estimate of drug-likeness (QED) is 0.418. The Labute approximate surface area is 185 Å². The van der Waals surface area contributed by atoms with Crippen molar-refractivity contribution in [1.29, 1.82) is 5.26 Å². The molecule has 4 rings (SSSR count). The van der Waals surface area contributed by atoms with E-state index in [0.717, 1.165) is 59.4 Å². The second kappa shape index (κ2) is 8.94. The van der Waals surface area contributed by atoms with Crippen LogP contribution in [0.1, 0.15) is 58.6 Å². The van der Waals surface area contributed by atoms with Crippen LogP contribution in [0.4, 0.5) is 5.00 Å². The van der Waals surface area contributed by atoms with Gasteiger partial charge in [0.1, 0.15) is 28.5 Å². The summed E-state index contributed by atoms with van der Waals surface area (Å²) in [6.07, 6.45) is 6.25. The fourth-order valence-electron chi connectivity index (χ4n) is 4.09. The highest BCUT2D eigenvalue weighted by Crippen LogP contribution is 2.39. The van der Waals surface area contributed by atoms with E-state index < -0.39 is 11.9 Å². The minimum atomic E-state index is -0.531. The van der Waals surface area contributed by atoms with E-state index in [1.54, 1.807) is 13.0 Å². The maximum atomic E-state index is 12.9. The minimum Gasteiger partial charge on any atom is -0.490 e. The number of nitriles is 1. The molecule has 1 unspecified atom stereocenters. The van der Waals surface area contributed by atoms with E-state index in [1.165, 1.54) is 11.3 Å². The van der Waals surface area contributed by atoms with E-state index in [-0.39, 0.29) is 18.3 Å². The molecule has 1 aliphatic heterocycles. The molecule has 160 valence electrons. The number of hydrogen-bond donors (Lipinski definition) is 1. The molecule has 1 aromatic carbocycles. The number of carbonyl (C=O) groups excluding carboxylic acids is 2. The van der Waals surface area contributed by atoms with Crippen LogP contribution in [0.2, 0.25) is 0 Å². The van der Waals surface area contributed by atoms with Crippen molar-refractivity contribution in [2.75, 3.05) is 11.9 Å². The van der Waals surface area contributed by atoms with Crippen LogP contribution in [0.15, 0.2) is 23.8 Å². The predicted molar refractivity (Wildman–Crippen MR) is 119 cm³/mol. The summed E-state index contributed by atoms with van der Waals surface area (Å²) in [6, 6.07) is 7.62. The number of nitrogens with one attached hydrogen (secondary N) is 1. The van der Waals surface area contributed by atoms with Crippen molar-refractivity contribution in [1.82, 2.24) is 0 Å². The van der Waals surface area contributed by atoms with Crippen LogP contribution in [0, 0.1) is 11.3 Å². The van der Waals surface area contributed by atoms with Crippen molar-refractivity contribution in [3.63, 3.8) is 0 Å². The first kappa shape index (κ1) is 21.1. The van der Waals surface area contributed by atoms with Crippen molar-refractivity contribution in [2.45, 2.75) is 52.1 Å². The number of hydrogen-bond acceptors (Lipinski definition) is 6. The number of ether oxygens (including phenoxy) is 2. The number of esters is 1. The zero-order valence-corrected chi connectivity index (χ0v) is 18.4. The molecule has 0 spiro atoms. The average Bonchev–Trinajstić information content (AvgIpc) is 3.30. The second-order valence-electron chi connectivity index (χ2n) is 7.76. The van der Waals surface area contributed by atoms with Gasteiger partial charge in [0, 0.05) is 11.3 Å². The number of benzene rings is 1. The molecular formula is C24H24N2O4S. The summed E-state index contributed by atoms with van der Waals surface area (Å²) in [5.41, 5.74) is 3.22. The molecule has 0 saturated heterocycles. The van der Waals surface area contributed by atoms with Crippen molar-refractivity contribution < 1.29 is 19.1 Å². The van der Waals surface area contributed by atoms with Crippen LogP contribution in [0.3, 0.4) is 0 Å². The van der Waals surface area contributed by atoms with Gasteiger partial charge < -0.3 is 14.8 Å². The highest BCUT2D eigenvalue weighted by atomic mass is 32.1. The first-order chi connectivity index (χ1) is 15.0. The Morgan fingerprint density at radius 3 is 2.94 bits per heavy atom. The third-order valence-corrected chi connectivity index (χ3v) is 6.68. The van der Waals surface area contributed by atoms with E-state index >= 15 is 0 Å². The summed E-state index contributed by atoms with van der Waals surface area (Å²) in [4.78, 5) is 26.6. The molecule has 1 amide bonds. The molecule has 2 aromatic rings. The molecule has 2 heterocycles. The van der Waals surface area contributed by atoms with Crippen LogP contribution in [-0.2, 0) is 28.8 Å². The highest BCUT2D eigenvalue weighted by molar-refractivity contribution is 7.17. The van der Waals surface area contributed by atoms with E-state index in [9.17, 15) is 14.9 Å². The summed E-state index contributed by atoms with van der Waals surface area (Å²) >= 11 is 1.41. The summed E-state index contributed by atoms with van der Waals surface area (Å²) in [7, 11) is 0. The van der Waals surface area contributed by atoms with Gasteiger partial charge in [-0.05, 0) is 74.4 Å². The number of carbonyl (C=O) groups is 2. The van der Waals surface area contributed by atoms with Gasteiger partial charge in [0.25, 0.3) is 5.91 Å². The first-order valence-electron chi connectivity index (χ1n) is 10.5. The molecule has 0 saturated carbocycles. The van der Waals surface area contributed by atoms with Crippen LogP contribution >= 0.6 is 11.3 Å². The van der Waals surface area contributed by atoms with Crippen LogP contribution in [0.5, 0.6) is 5.75 Å². The molecule has 7 heteroatoms. The monoisotopic (exact) mass is 436 g/mol. The van der Waals surface area contributed by atoms with Gasteiger partial charge in [-0.2, -0.15) is 5.26 Å². The lowest BCUT2D eigenvalue weighted by atomic mass is 9.95. The maximum Gasteiger partial charge on any atom is 0.341 e. The maximum absolute atomic E-state index is 12.9. The standard InChI is InChI=1S/C24H24N2O4S/c1-3-29-24(28)21-18-6-4-5-7-20(18)31-23(21)26-22(27)17(13-25)12-15-8-9-19-16(11-15)10-14(2)30-19/h8-9,11-12,14H,3-7,10H2,1-2H3,(H,26,27)/b17-12-. The SMILES string of the molecule is CCOC(=O)c1c(NC(=O)/C(C#N)=C\c2ccc3c(c2)CC(C)O3)sc2c1CCCC2. The first-order valence-corrected chi connectivity index (χ1v) is 11.4. The molecular weight excluding hydrogens is 412 g/mol. The number of anilines is 1. The van der Waals surface area contributed by atoms with Gasteiger partial charge in [-0.15, -0.1) is 11.3 Å². The Bertz CT molecular complexity index is 1110. The van der Waals surface area contributed by atoms with Gasteiger partial charge in [-0.25, -0.2) is 4.79 Å². The molecule has 0 radical (unpaired) electrons. The molecule has 6 nitrogen and oxygen atoms in total.